The Balaban J connectivity index is 0.000000268. The van der Waals surface area contributed by atoms with Crippen molar-refractivity contribution >= 4 is 14.5 Å². The molecule has 0 fully saturated rings. The second-order valence-corrected chi connectivity index (χ2v) is 16.2. The van der Waals surface area contributed by atoms with E-state index in [4.69, 9.17) is 0 Å². The van der Waals surface area contributed by atoms with E-state index >= 15 is 0 Å². The Bertz CT molecular complexity index is 1840. The number of fused-ring (bicyclic) bond motifs is 8. The van der Waals surface area contributed by atoms with Crippen LogP contribution in [0.15, 0.2) is 78.4 Å². The Labute approximate surface area is 325 Å². The molecule has 0 spiro atoms. The fourth-order valence-corrected chi connectivity index (χ4v) is 8.67. The van der Waals surface area contributed by atoms with Crippen molar-refractivity contribution in [2.24, 2.45) is 17.3 Å². The molecule has 0 bridgehead atoms. The normalized spacial score (nSPS) is 19.9. The van der Waals surface area contributed by atoms with E-state index in [-0.39, 0.29) is 24.8 Å². The standard InChI is InChI=1S/C29H33.C9H13.C8H8.2ClH.Zr/c1-14-13-24-25(18(5)15(14)2)21(8)28-27-20(7)17(4)16(3)19(6)26(27)22-11-9-10-12-23(22)29(24)28;1-9(2,3)8-6-4-5-7-8;1-2-8-6-4-3-5-7-8;;;/h9-13,16-17,19,21H,1-8H3;6-7H,4H2,1-3H3;1,3-7H,2H2;2*1H;/q2*-1;;;;+2/p-2. The quantitative estimate of drug-likeness (QED) is 0.204. The van der Waals surface area contributed by atoms with Crippen LogP contribution in [0.25, 0.3) is 21.9 Å². The summed E-state index contributed by atoms with van der Waals surface area (Å²) in [4.78, 5) is 0. The molecule has 4 atom stereocenters. The Morgan fingerprint density at radius 2 is 1.45 bits per heavy atom. The van der Waals surface area contributed by atoms with E-state index in [1.165, 1.54) is 74.0 Å². The minimum atomic E-state index is 0. The number of rotatable bonds is 2. The van der Waals surface area contributed by atoms with Gasteiger partial charge in [0.05, 0.1) is 0 Å². The van der Waals surface area contributed by atoms with Crippen LogP contribution >= 0.6 is 0 Å². The van der Waals surface area contributed by atoms with Gasteiger partial charge in [-0.05, 0) is 59.9 Å². The van der Waals surface area contributed by atoms with Gasteiger partial charge in [-0.3, -0.25) is 6.08 Å². The molecular formula is C46H54Cl2Zr-2. The van der Waals surface area contributed by atoms with Crippen molar-refractivity contribution in [3.63, 3.8) is 0 Å². The van der Waals surface area contributed by atoms with E-state index in [2.05, 4.69) is 153 Å². The van der Waals surface area contributed by atoms with Crippen molar-refractivity contribution in [1.82, 2.24) is 0 Å². The molecule has 258 valence electrons. The molecule has 0 aliphatic heterocycles. The van der Waals surface area contributed by atoms with Gasteiger partial charge in [-0.2, -0.15) is 23.1 Å². The predicted molar refractivity (Wildman–Crippen MR) is 202 cm³/mol. The predicted octanol–water partition coefficient (Wildman–Crippen LogP) is 6.54. The van der Waals surface area contributed by atoms with Gasteiger partial charge in [-0.1, -0.05) is 120 Å². The third kappa shape index (κ3) is 8.01. The van der Waals surface area contributed by atoms with Gasteiger partial charge in [0.1, 0.15) is 0 Å². The molecule has 4 aromatic carbocycles. The first kappa shape index (κ1) is 41.2. The molecule has 0 N–H and O–H groups in total. The van der Waals surface area contributed by atoms with Gasteiger partial charge >= 0.3 is 70.3 Å². The Morgan fingerprint density at radius 1 is 0.837 bits per heavy atom. The second-order valence-electron chi connectivity index (χ2n) is 15.2. The topological polar surface area (TPSA) is 0 Å². The van der Waals surface area contributed by atoms with Crippen molar-refractivity contribution < 1.29 is 49.0 Å². The van der Waals surface area contributed by atoms with Gasteiger partial charge < -0.3 is 24.8 Å². The SMILES string of the molecule is CC(C)(C)C1=CC[C-]=C1.Cc1cc2c(c(C)c1C)C(C)c1c3c(c4ccccc4c1-2)C(C)C(C)C(C)[C-]3C.[Cl-].[Cl-].[Zr+2]=[CH]Cc1ccccc1. The summed E-state index contributed by atoms with van der Waals surface area (Å²) in [5, 5.41) is 2.93. The van der Waals surface area contributed by atoms with Crippen LogP contribution in [0.1, 0.15) is 118 Å². The first-order chi connectivity index (χ1) is 22.3. The first-order valence-corrected chi connectivity index (χ1v) is 19.0. The van der Waals surface area contributed by atoms with Crippen LogP contribution in [-0.4, -0.2) is 3.71 Å². The first-order valence-electron chi connectivity index (χ1n) is 17.6. The summed E-state index contributed by atoms with van der Waals surface area (Å²) < 4.78 is 2.25. The molecule has 3 aliphatic carbocycles. The van der Waals surface area contributed by atoms with Crippen LogP contribution in [0.2, 0.25) is 0 Å². The molecular weight excluding hydrogens is 715 g/mol. The van der Waals surface area contributed by atoms with Crippen molar-refractivity contribution in [2.45, 2.75) is 101 Å². The average Bonchev–Trinajstić information content (AvgIpc) is 3.70. The molecule has 3 aliphatic rings. The third-order valence-corrected chi connectivity index (χ3v) is 12.0. The molecule has 0 saturated carbocycles. The molecule has 0 radical (unpaired) electrons. The zero-order valence-electron chi connectivity index (χ0n) is 31.5. The molecule has 4 unspecified atom stereocenters. The second kappa shape index (κ2) is 16.9. The maximum atomic E-state index is 3.16. The molecule has 49 heavy (non-hydrogen) atoms. The van der Waals surface area contributed by atoms with Gasteiger partial charge in [-0.15, -0.1) is 17.5 Å². The van der Waals surface area contributed by atoms with E-state index in [0.29, 0.717) is 29.1 Å². The van der Waals surface area contributed by atoms with Crippen LogP contribution in [-0.2, 0) is 30.7 Å². The summed E-state index contributed by atoms with van der Waals surface area (Å²) >= 11 is 1.51. The van der Waals surface area contributed by atoms with Crippen LogP contribution < -0.4 is 24.8 Å². The van der Waals surface area contributed by atoms with E-state index in [1.807, 2.05) is 6.07 Å². The molecule has 3 heteroatoms. The van der Waals surface area contributed by atoms with Gasteiger partial charge in [0, 0.05) is 0 Å². The van der Waals surface area contributed by atoms with E-state index < -0.39 is 0 Å². The van der Waals surface area contributed by atoms with Crippen LogP contribution in [0, 0.1) is 50.0 Å². The van der Waals surface area contributed by atoms with Crippen LogP contribution in [0.3, 0.4) is 0 Å². The minimum absolute atomic E-state index is 0. The summed E-state index contributed by atoms with van der Waals surface area (Å²) in [6.07, 6.45) is 9.63. The monoisotopic (exact) mass is 766 g/mol. The zero-order chi connectivity index (χ0) is 34.2. The van der Waals surface area contributed by atoms with Gasteiger partial charge in [-0.25, -0.2) is 6.08 Å². The zero-order valence-corrected chi connectivity index (χ0v) is 35.5. The van der Waals surface area contributed by atoms with Gasteiger partial charge in [0.15, 0.2) is 0 Å². The Kier molecular flexibility index (Phi) is 14.2. The summed E-state index contributed by atoms with van der Waals surface area (Å²) in [5.74, 6) is 3.94. The number of aryl methyl sites for hydroxylation is 1. The summed E-state index contributed by atoms with van der Waals surface area (Å²) in [7, 11) is 0. The van der Waals surface area contributed by atoms with E-state index in [1.54, 1.807) is 28.2 Å². The van der Waals surface area contributed by atoms with Gasteiger partial charge in [0.2, 0.25) is 0 Å². The summed E-state index contributed by atoms with van der Waals surface area (Å²) in [5.41, 5.74) is 16.9. The fourth-order valence-electron chi connectivity index (χ4n) is 8.09. The van der Waals surface area contributed by atoms with E-state index in [0.717, 1.165) is 12.8 Å². The maximum absolute atomic E-state index is 3.16. The Hall–Kier alpha value is -2.18. The van der Waals surface area contributed by atoms with Crippen molar-refractivity contribution in [2.75, 3.05) is 0 Å². The Morgan fingerprint density at radius 3 is 2.00 bits per heavy atom. The molecule has 7 rings (SSSR count). The van der Waals surface area contributed by atoms with Crippen molar-refractivity contribution in [1.29, 1.82) is 0 Å². The molecule has 4 aromatic rings. The number of allylic oxidation sites excluding steroid dienone is 4. The van der Waals surface area contributed by atoms with Crippen molar-refractivity contribution in [3.8, 4) is 11.1 Å². The average molecular weight is 769 g/mol. The molecule has 0 amide bonds. The molecule has 0 heterocycles. The molecule has 0 aromatic heterocycles. The third-order valence-electron chi connectivity index (χ3n) is 11.5. The summed E-state index contributed by atoms with van der Waals surface area (Å²) in [6.45, 7) is 25.8. The molecule has 0 nitrogen and oxygen atoms in total. The van der Waals surface area contributed by atoms with E-state index in [9.17, 15) is 0 Å². The van der Waals surface area contributed by atoms with Gasteiger partial charge in [0.25, 0.3) is 0 Å². The summed E-state index contributed by atoms with van der Waals surface area (Å²) in [6, 6.07) is 22.2. The number of hydrogen-bond donors (Lipinski definition) is 0. The fraction of sp³-hybridized carbons (Fsp3) is 0.391. The number of halogens is 2. The van der Waals surface area contributed by atoms with Crippen LogP contribution in [0.5, 0.6) is 0 Å². The van der Waals surface area contributed by atoms with Crippen LogP contribution in [0.4, 0.5) is 0 Å². The molecule has 0 saturated heterocycles. The van der Waals surface area contributed by atoms with Crippen molar-refractivity contribution in [3.05, 3.63) is 135 Å². The number of benzene rings is 4. The number of hydrogen-bond acceptors (Lipinski definition) is 0.